The Morgan fingerprint density at radius 1 is 1.31 bits per heavy atom. The smallest absolute Gasteiger partial charge is 0.190 e. The maximum Gasteiger partial charge on any atom is 0.190 e. The van der Waals surface area contributed by atoms with Crippen molar-refractivity contribution in [2.24, 2.45) is 7.05 Å². The third-order valence-electron chi connectivity index (χ3n) is 2.11. The molecular formula is C11H14N4S. The first kappa shape index (κ1) is 11.0. The van der Waals surface area contributed by atoms with Gasteiger partial charge in [0.15, 0.2) is 5.16 Å². The minimum absolute atomic E-state index is 0.918. The molecule has 4 nitrogen and oxygen atoms in total. The summed E-state index contributed by atoms with van der Waals surface area (Å²) in [6, 6.07) is 10.2. The molecule has 0 aliphatic carbocycles. The van der Waals surface area contributed by atoms with Crippen molar-refractivity contribution in [2.45, 2.75) is 5.16 Å². The summed E-state index contributed by atoms with van der Waals surface area (Å²) in [5, 5.41) is 12.1. The molecule has 0 spiro atoms. The SMILES string of the molecule is Cn1cnnc1SCCNc1ccccc1. The van der Waals surface area contributed by atoms with Gasteiger partial charge in [-0.05, 0) is 12.1 Å². The second kappa shape index (κ2) is 5.55. The number of aryl methyl sites for hydroxylation is 1. The summed E-state index contributed by atoms with van der Waals surface area (Å²) in [6.07, 6.45) is 1.72. The zero-order chi connectivity index (χ0) is 11.2. The zero-order valence-electron chi connectivity index (χ0n) is 9.13. The summed E-state index contributed by atoms with van der Waals surface area (Å²) in [5.74, 6) is 0.974. The predicted molar refractivity (Wildman–Crippen MR) is 66.7 cm³/mol. The van der Waals surface area contributed by atoms with Crippen molar-refractivity contribution in [3.8, 4) is 0 Å². The molecule has 0 amide bonds. The predicted octanol–water partition coefficient (Wildman–Crippen LogP) is 2.02. The third kappa shape index (κ3) is 3.00. The van der Waals surface area contributed by atoms with Crippen molar-refractivity contribution in [2.75, 3.05) is 17.6 Å². The van der Waals surface area contributed by atoms with Gasteiger partial charge in [0, 0.05) is 25.0 Å². The van der Waals surface area contributed by atoms with Gasteiger partial charge in [-0.25, -0.2) is 0 Å². The highest BCUT2D eigenvalue weighted by Crippen LogP contribution is 2.13. The molecule has 0 atom stereocenters. The highest BCUT2D eigenvalue weighted by molar-refractivity contribution is 7.99. The van der Waals surface area contributed by atoms with Gasteiger partial charge >= 0.3 is 0 Å². The number of hydrogen-bond donors (Lipinski definition) is 1. The molecule has 2 rings (SSSR count). The number of thioether (sulfide) groups is 1. The van der Waals surface area contributed by atoms with Crippen LogP contribution in [0.15, 0.2) is 41.8 Å². The highest BCUT2D eigenvalue weighted by Gasteiger charge is 1.99. The van der Waals surface area contributed by atoms with Crippen LogP contribution < -0.4 is 5.32 Å². The molecule has 2 aromatic rings. The Kier molecular flexibility index (Phi) is 3.82. The van der Waals surface area contributed by atoms with Crippen LogP contribution in [-0.2, 0) is 7.05 Å². The molecule has 0 aliphatic heterocycles. The first-order valence-electron chi connectivity index (χ1n) is 5.12. The van der Waals surface area contributed by atoms with E-state index in [0.29, 0.717) is 0 Å². The third-order valence-corrected chi connectivity index (χ3v) is 3.14. The first-order valence-corrected chi connectivity index (χ1v) is 6.10. The van der Waals surface area contributed by atoms with Crippen LogP contribution in [0.3, 0.4) is 0 Å². The van der Waals surface area contributed by atoms with E-state index >= 15 is 0 Å². The van der Waals surface area contributed by atoms with Gasteiger partial charge < -0.3 is 9.88 Å². The highest BCUT2D eigenvalue weighted by atomic mass is 32.2. The van der Waals surface area contributed by atoms with E-state index in [2.05, 4.69) is 27.6 Å². The normalized spacial score (nSPS) is 10.3. The molecule has 1 heterocycles. The van der Waals surface area contributed by atoms with Gasteiger partial charge in [-0.15, -0.1) is 10.2 Å². The van der Waals surface area contributed by atoms with Crippen LogP contribution in [0.4, 0.5) is 5.69 Å². The standard InChI is InChI=1S/C11H14N4S/c1-15-9-13-14-11(15)16-8-7-12-10-5-3-2-4-6-10/h2-6,9,12H,7-8H2,1H3. The molecule has 84 valence electrons. The Morgan fingerprint density at radius 2 is 2.12 bits per heavy atom. The largest absolute Gasteiger partial charge is 0.384 e. The van der Waals surface area contributed by atoms with Crippen molar-refractivity contribution in [3.05, 3.63) is 36.7 Å². The number of aromatic nitrogens is 3. The molecule has 0 fully saturated rings. The topological polar surface area (TPSA) is 42.7 Å². The summed E-state index contributed by atoms with van der Waals surface area (Å²) in [4.78, 5) is 0. The van der Waals surface area contributed by atoms with E-state index in [4.69, 9.17) is 0 Å². The maximum absolute atomic E-state index is 4.01. The van der Waals surface area contributed by atoms with Crippen LogP contribution in [0.5, 0.6) is 0 Å². The van der Waals surface area contributed by atoms with Gasteiger partial charge in [-0.1, -0.05) is 30.0 Å². The Hall–Kier alpha value is -1.49. The van der Waals surface area contributed by atoms with Gasteiger partial charge in [-0.2, -0.15) is 0 Å². The quantitative estimate of drug-likeness (QED) is 0.635. The molecule has 0 bridgehead atoms. The molecular weight excluding hydrogens is 220 g/mol. The van der Waals surface area contributed by atoms with E-state index in [9.17, 15) is 0 Å². The van der Waals surface area contributed by atoms with E-state index in [1.54, 1.807) is 18.1 Å². The van der Waals surface area contributed by atoms with Crippen LogP contribution in [0.2, 0.25) is 0 Å². The number of nitrogens with one attached hydrogen (secondary N) is 1. The fourth-order valence-corrected chi connectivity index (χ4v) is 2.04. The summed E-state index contributed by atoms with van der Waals surface area (Å²) in [7, 11) is 1.95. The second-order valence-corrected chi connectivity index (χ2v) is 4.43. The molecule has 0 unspecified atom stereocenters. The van der Waals surface area contributed by atoms with Gasteiger partial charge in [-0.3, -0.25) is 0 Å². The molecule has 1 N–H and O–H groups in total. The van der Waals surface area contributed by atoms with Crippen LogP contribution in [0.1, 0.15) is 0 Å². The average Bonchev–Trinajstić information content (AvgIpc) is 2.72. The van der Waals surface area contributed by atoms with Crippen molar-refractivity contribution >= 4 is 17.4 Å². The summed E-state index contributed by atoms with van der Waals surface area (Å²) >= 11 is 1.70. The second-order valence-electron chi connectivity index (χ2n) is 3.37. The molecule has 16 heavy (non-hydrogen) atoms. The lowest BCUT2D eigenvalue weighted by atomic mass is 10.3. The van der Waals surface area contributed by atoms with E-state index in [0.717, 1.165) is 23.1 Å². The van der Waals surface area contributed by atoms with Crippen molar-refractivity contribution in [3.63, 3.8) is 0 Å². The fraction of sp³-hybridized carbons (Fsp3) is 0.273. The molecule has 0 radical (unpaired) electrons. The van der Waals surface area contributed by atoms with E-state index < -0.39 is 0 Å². The van der Waals surface area contributed by atoms with Crippen LogP contribution >= 0.6 is 11.8 Å². The molecule has 0 aliphatic rings. The fourth-order valence-electron chi connectivity index (χ4n) is 1.30. The first-order chi connectivity index (χ1) is 7.86. The number of benzene rings is 1. The van der Waals surface area contributed by atoms with Gasteiger partial charge in [0.1, 0.15) is 6.33 Å². The maximum atomic E-state index is 4.01. The van der Waals surface area contributed by atoms with Gasteiger partial charge in [0.25, 0.3) is 0 Å². The van der Waals surface area contributed by atoms with E-state index in [-0.39, 0.29) is 0 Å². The summed E-state index contributed by atoms with van der Waals surface area (Å²) in [6.45, 7) is 0.918. The van der Waals surface area contributed by atoms with Crippen molar-refractivity contribution in [1.29, 1.82) is 0 Å². The number of nitrogens with zero attached hydrogens (tertiary/aromatic N) is 3. The van der Waals surface area contributed by atoms with Crippen LogP contribution in [0.25, 0.3) is 0 Å². The number of hydrogen-bond acceptors (Lipinski definition) is 4. The number of rotatable bonds is 5. The molecule has 1 aromatic heterocycles. The number of anilines is 1. The molecule has 1 aromatic carbocycles. The average molecular weight is 234 g/mol. The van der Waals surface area contributed by atoms with Crippen LogP contribution in [-0.4, -0.2) is 27.1 Å². The Balaban J connectivity index is 1.72. The van der Waals surface area contributed by atoms with Gasteiger partial charge in [0.05, 0.1) is 0 Å². The lowest BCUT2D eigenvalue weighted by Gasteiger charge is -2.05. The Labute approximate surface area is 99.1 Å². The minimum Gasteiger partial charge on any atom is -0.384 e. The van der Waals surface area contributed by atoms with Crippen molar-refractivity contribution < 1.29 is 0 Å². The molecule has 5 heteroatoms. The Morgan fingerprint density at radius 3 is 2.81 bits per heavy atom. The minimum atomic E-state index is 0.918. The van der Waals surface area contributed by atoms with E-state index in [1.165, 1.54) is 0 Å². The molecule has 0 saturated heterocycles. The lowest BCUT2D eigenvalue weighted by molar-refractivity contribution is 0.788. The zero-order valence-corrected chi connectivity index (χ0v) is 9.94. The number of para-hydroxylation sites is 1. The monoisotopic (exact) mass is 234 g/mol. The van der Waals surface area contributed by atoms with E-state index in [1.807, 2.05) is 29.8 Å². The summed E-state index contributed by atoms with van der Waals surface area (Å²) in [5.41, 5.74) is 1.15. The lowest BCUT2D eigenvalue weighted by Crippen LogP contribution is -2.04. The molecule has 0 saturated carbocycles. The van der Waals surface area contributed by atoms with Gasteiger partial charge in [0.2, 0.25) is 0 Å². The summed E-state index contributed by atoms with van der Waals surface area (Å²) < 4.78 is 1.92. The van der Waals surface area contributed by atoms with Crippen LogP contribution in [0, 0.1) is 0 Å². The van der Waals surface area contributed by atoms with Crippen molar-refractivity contribution in [1.82, 2.24) is 14.8 Å². The Bertz CT molecular complexity index is 427.